The van der Waals surface area contributed by atoms with Gasteiger partial charge in [-0.15, -0.1) is 0 Å². The molecular formula is C40H51N5O6. The third kappa shape index (κ3) is 9.34. The molecule has 6 rings (SSSR count). The maximum atomic E-state index is 13.2. The van der Waals surface area contributed by atoms with Gasteiger partial charge in [0.1, 0.15) is 5.54 Å². The van der Waals surface area contributed by atoms with E-state index in [4.69, 9.17) is 9.47 Å². The Morgan fingerprint density at radius 3 is 2.29 bits per heavy atom. The van der Waals surface area contributed by atoms with Crippen molar-refractivity contribution in [2.75, 3.05) is 37.7 Å². The molecule has 3 amide bonds. The van der Waals surface area contributed by atoms with E-state index in [2.05, 4.69) is 37.9 Å². The van der Waals surface area contributed by atoms with E-state index >= 15 is 0 Å². The second-order valence-corrected chi connectivity index (χ2v) is 13.9. The van der Waals surface area contributed by atoms with E-state index in [1.54, 1.807) is 0 Å². The van der Waals surface area contributed by atoms with Crippen LogP contribution in [-0.2, 0) is 37.0 Å². The minimum Gasteiger partial charge on any atom is -0.392 e. The number of amides is 3. The largest absolute Gasteiger partial charge is 0.392 e. The predicted molar refractivity (Wildman–Crippen MR) is 194 cm³/mol. The van der Waals surface area contributed by atoms with Crippen LogP contribution < -0.4 is 20.9 Å². The molecule has 0 bridgehead atoms. The van der Waals surface area contributed by atoms with Gasteiger partial charge >= 0.3 is 0 Å². The molecule has 11 nitrogen and oxygen atoms in total. The van der Waals surface area contributed by atoms with E-state index in [1.807, 2.05) is 66.7 Å². The number of piperidine rings is 1. The van der Waals surface area contributed by atoms with Crippen molar-refractivity contribution in [3.05, 3.63) is 101 Å². The van der Waals surface area contributed by atoms with Crippen LogP contribution in [0.15, 0.2) is 78.9 Å². The Labute approximate surface area is 300 Å². The highest BCUT2D eigenvalue weighted by molar-refractivity contribution is 5.93. The topological polar surface area (TPSA) is 132 Å². The van der Waals surface area contributed by atoms with Crippen molar-refractivity contribution >= 4 is 23.4 Å². The zero-order valence-electron chi connectivity index (χ0n) is 29.5. The van der Waals surface area contributed by atoms with Crippen LogP contribution in [0.2, 0.25) is 0 Å². The van der Waals surface area contributed by atoms with E-state index < -0.39 is 11.8 Å². The number of hydrogen-bond acceptors (Lipinski definition) is 8. The van der Waals surface area contributed by atoms with Crippen molar-refractivity contribution in [1.29, 1.82) is 0 Å². The number of nitrogens with one attached hydrogen (secondary N) is 3. The number of rotatable bonds is 14. The Kier molecular flexibility index (Phi) is 12.4. The molecule has 0 aliphatic carbocycles. The standard InChI is InChI=1S/C40H51N5O6/c1-29(47)41-21-7-3-6-10-37(48)42-25-30-11-17-33(18-12-30)38-50-35(24-36(51-38)32-15-13-31(27-46)14-16-32)26-44-22-19-40(20-23-44)39(49)43-28-45(40)34-8-4-2-5-9-34/h2,4-5,8-9,11-18,35-36,38,46H,3,6-7,10,19-28H2,1H3,(H,41,47)(H,42,48)(H,43,49)/t35-,36+,38+/m0/s1. The van der Waals surface area contributed by atoms with Crippen LogP contribution in [0.4, 0.5) is 5.69 Å². The number of aliphatic hydroxyl groups is 1. The SMILES string of the molecule is CC(=O)NCCCCCC(=O)NCc1ccc([C@@H]2O[C@H](CN3CCC4(CC3)C(=O)NCN4c3ccccc3)C[C@H](c3ccc(CO)cc3)O2)cc1. The molecule has 272 valence electrons. The fourth-order valence-corrected chi connectivity index (χ4v) is 7.39. The molecule has 0 aromatic heterocycles. The Balaban J connectivity index is 1.06. The number of anilines is 1. The van der Waals surface area contributed by atoms with Crippen molar-refractivity contribution < 1.29 is 29.0 Å². The Morgan fingerprint density at radius 1 is 0.882 bits per heavy atom. The third-order valence-electron chi connectivity index (χ3n) is 10.4. The minimum absolute atomic E-state index is 0.0108. The highest BCUT2D eigenvalue weighted by atomic mass is 16.7. The van der Waals surface area contributed by atoms with Gasteiger partial charge in [0.2, 0.25) is 17.7 Å². The summed E-state index contributed by atoms with van der Waals surface area (Å²) in [5, 5.41) is 18.5. The van der Waals surface area contributed by atoms with E-state index in [0.717, 1.165) is 79.7 Å². The number of unbranched alkanes of at least 4 members (excludes halogenated alkanes) is 2. The van der Waals surface area contributed by atoms with Gasteiger partial charge in [0.25, 0.3) is 0 Å². The smallest absolute Gasteiger partial charge is 0.247 e. The lowest BCUT2D eigenvalue weighted by Crippen LogP contribution is -2.57. The molecule has 3 atom stereocenters. The van der Waals surface area contributed by atoms with Crippen LogP contribution in [0.3, 0.4) is 0 Å². The predicted octanol–water partition coefficient (Wildman–Crippen LogP) is 4.47. The molecule has 3 aliphatic rings. The van der Waals surface area contributed by atoms with Gasteiger partial charge in [-0.1, -0.05) is 73.2 Å². The number of hydrogen-bond donors (Lipinski definition) is 4. The van der Waals surface area contributed by atoms with Crippen molar-refractivity contribution in [2.24, 2.45) is 0 Å². The summed E-state index contributed by atoms with van der Waals surface area (Å²) in [7, 11) is 0. The summed E-state index contributed by atoms with van der Waals surface area (Å²) in [4.78, 5) is 41.2. The molecule has 3 heterocycles. The van der Waals surface area contributed by atoms with Crippen LogP contribution in [0.25, 0.3) is 0 Å². The molecule has 3 saturated heterocycles. The first-order valence-corrected chi connectivity index (χ1v) is 18.3. The van der Waals surface area contributed by atoms with Gasteiger partial charge in [-0.2, -0.15) is 0 Å². The maximum absolute atomic E-state index is 13.2. The summed E-state index contributed by atoms with van der Waals surface area (Å²) in [5.74, 6) is 0.0929. The fraction of sp³-hybridized carbons (Fsp3) is 0.475. The normalized spacial score (nSPS) is 21.7. The van der Waals surface area contributed by atoms with E-state index in [0.29, 0.717) is 32.6 Å². The second-order valence-electron chi connectivity index (χ2n) is 13.9. The highest BCUT2D eigenvalue weighted by Gasteiger charge is 2.50. The Morgan fingerprint density at radius 2 is 1.59 bits per heavy atom. The van der Waals surface area contributed by atoms with Gasteiger partial charge in [0, 0.05) is 63.7 Å². The summed E-state index contributed by atoms with van der Waals surface area (Å²) in [6.07, 6.45) is 4.30. The second kappa shape index (κ2) is 17.3. The lowest BCUT2D eigenvalue weighted by Gasteiger charge is -2.45. The molecule has 0 radical (unpaired) electrons. The number of nitrogens with zero attached hydrogens (tertiary/aromatic N) is 2. The summed E-state index contributed by atoms with van der Waals surface area (Å²) in [6.45, 7) is 5.40. The summed E-state index contributed by atoms with van der Waals surface area (Å²) in [6, 6.07) is 26.1. The Hall–Kier alpha value is -4.29. The molecule has 4 N–H and O–H groups in total. The first-order chi connectivity index (χ1) is 24.8. The first kappa shape index (κ1) is 36.5. The summed E-state index contributed by atoms with van der Waals surface area (Å²) >= 11 is 0. The lowest BCUT2D eigenvalue weighted by molar-refractivity contribution is -0.253. The number of carbonyl (C=O) groups excluding carboxylic acids is 3. The molecule has 3 aromatic carbocycles. The van der Waals surface area contributed by atoms with Crippen molar-refractivity contribution in [1.82, 2.24) is 20.9 Å². The average Bonchev–Trinajstić information content (AvgIpc) is 3.47. The number of carbonyl (C=O) groups is 3. The number of ether oxygens (including phenoxy) is 2. The van der Waals surface area contributed by atoms with Crippen LogP contribution in [0, 0.1) is 0 Å². The van der Waals surface area contributed by atoms with Crippen molar-refractivity contribution in [2.45, 2.75) is 89.1 Å². The van der Waals surface area contributed by atoms with Crippen LogP contribution in [-0.4, -0.2) is 72.2 Å². The van der Waals surface area contributed by atoms with Crippen molar-refractivity contribution in [3.8, 4) is 0 Å². The number of para-hydroxylation sites is 1. The van der Waals surface area contributed by atoms with Crippen LogP contribution in [0.1, 0.15) is 86.5 Å². The average molecular weight is 698 g/mol. The minimum atomic E-state index is -0.572. The zero-order chi connectivity index (χ0) is 35.6. The van der Waals surface area contributed by atoms with Gasteiger partial charge in [0.05, 0.1) is 25.5 Å². The van der Waals surface area contributed by atoms with E-state index in [-0.39, 0.29) is 36.5 Å². The van der Waals surface area contributed by atoms with Gasteiger partial charge in [0.15, 0.2) is 6.29 Å². The molecule has 51 heavy (non-hydrogen) atoms. The first-order valence-electron chi connectivity index (χ1n) is 18.3. The molecule has 3 fully saturated rings. The third-order valence-corrected chi connectivity index (χ3v) is 10.4. The Bertz CT molecular complexity index is 1590. The van der Waals surface area contributed by atoms with Crippen molar-refractivity contribution in [3.63, 3.8) is 0 Å². The highest BCUT2D eigenvalue weighted by Crippen LogP contribution is 2.40. The molecule has 3 aliphatic heterocycles. The molecule has 0 unspecified atom stereocenters. The summed E-state index contributed by atoms with van der Waals surface area (Å²) < 4.78 is 13.2. The molecule has 1 spiro atoms. The number of likely N-dealkylation sites (tertiary alicyclic amines) is 1. The van der Waals surface area contributed by atoms with Crippen LogP contribution in [0.5, 0.6) is 0 Å². The number of benzene rings is 3. The van der Waals surface area contributed by atoms with E-state index in [9.17, 15) is 19.5 Å². The molecule has 0 saturated carbocycles. The number of aliphatic hydroxyl groups excluding tert-OH is 1. The van der Waals surface area contributed by atoms with Gasteiger partial charge in [-0.25, -0.2) is 0 Å². The molecular weight excluding hydrogens is 646 g/mol. The van der Waals surface area contributed by atoms with Gasteiger partial charge in [-0.3, -0.25) is 14.4 Å². The summed E-state index contributed by atoms with van der Waals surface area (Å²) in [5.41, 5.74) is 4.32. The monoisotopic (exact) mass is 697 g/mol. The molecule has 3 aromatic rings. The fourth-order valence-electron chi connectivity index (χ4n) is 7.39. The van der Waals surface area contributed by atoms with Gasteiger partial charge in [-0.05, 0) is 54.5 Å². The van der Waals surface area contributed by atoms with E-state index in [1.165, 1.54) is 6.92 Å². The quantitative estimate of drug-likeness (QED) is 0.182. The van der Waals surface area contributed by atoms with Gasteiger partial charge < -0.3 is 40.3 Å². The maximum Gasteiger partial charge on any atom is 0.247 e. The lowest BCUT2D eigenvalue weighted by atomic mass is 9.85. The zero-order valence-corrected chi connectivity index (χ0v) is 29.5. The molecule has 11 heteroatoms. The van der Waals surface area contributed by atoms with Crippen LogP contribution >= 0.6 is 0 Å².